The van der Waals surface area contributed by atoms with Gasteiger partial charge in [0.2, 0.25) is 0 Å². The lowest BCUT2D eigenvalue weighted by Crippen LogP contribution is -2.11. The molecule has 0 radical (unpaired) electrons. The van der Waals surface area contributed by atoms with Crippen LogP contribution in [0.1, 0.15) is 16.1 Å². The van der Waals surface area contributed by atoms with Gasteiger partial charge in [-0.15, -0.1) is 0 Å². The monoisotopic (exact) mass is 366 g/mol. The van der Waals surface area contributed by atoms with Crippen molar-refractivity contribution in [3.8, 4) is 11.3 Å². The maximum Gasteiger partial charge on any atom is 0.419 e. The Morgan fingerprint density at radius 1 is 1.29 bits per heavy atom. The van der Waals surface area contributed by atoms with Gasteiger partial charge in [-0.1, -0.05) is 17.7 Å². The summed E-state index contributed by atoms with van der Waals surface area (Å²) in [6, 6.07) is 1.66. The predicted molar refractivity (Wildman–Crippen MR) is 75.4 cm³/mol. The van der Waals surface area contributed by atoms with Gasteiger partial charge in [-0.2, -0.15) is 13.2 Å². The molecule has 0 unspecified atom stereocenters. The molecule has 1 heterocycles. The van der Waals surface area contributed by atoms with Crippen LogP contribution in [0.15, 0.2) is 18.2 Å². The second kappa shape index (κ2) is 6.23. The minimum absolute atomic E-state index is 0.355. The third-order valence-corrected chi connectivity index (χ3v) is 3.42. The van der Waals surface area contributed by atoms with Crippen molar-refractivity contribution in [1.29, 1.82) is 0 Å². The number of benzene rings is 1. The van der Waals surface area contributed by atoms with Crippen LogP contribution in [0.2, 0.25) is 5.02 Å². The predicted octanol–water partition coefficient (Wildman–Crippen LogP) is 4.07. The van der Waals surface area contributed by atoms with E-state index in [1.165, 1.54) is 0 Å². The summed E-state index contributed by atoms with van der Waals surface area (Å²) < 4.78 is 69.9. The van der Waals surface area contributed by atoms with E-state index >= 15 is 0 Å². The van der Waals surface area contributed by atoms with Crippen LogP contribution in [0.3, 0.4) is 0 Å². The molecule has 10 heteroatoms. The molecule has 2 rings (SSSR count). The van der Waals surface area contributed by atoms with Gasteiger partial charge in [0.15, 0.2) is 11.5 Å². The first-order valence-electron chi connectivity index (χ1n) is 6.17. The van der Waals surface area contributed by atoms with Crippen molar-refractivity contribution in [2.75, 3.05) is 12.8 Å². The van der Waals surface area contributed by atoms with Crippen LogP contribution >= 0.6 is 11.6 Å². The molecule has 0 aliphatic rings. The Hall–Kier alpha value is -2.42. The van der Waals surface area contributed by atoms with E-state index in [-0.39, 0.29) is 5.56 Å². The minimum Gasteiger partial charge on any atom is -0.464 e. The van der Waals surface area contributed by atoms with Crippen molar-refractivity contribution in [2.45, 2.75) is 6.18 Å². The highest BCUT2D eigenvalue weighted by Crippen LogP contribution is 2.36. The molecule has 0 atom stereocenters. The van der Waals surface area contributed by atoms with Crippen molar-refractivity contribution in [3.63, 3.8) is 0 Å². The summed E-state index contributed by atoms with van der Waals surface area (Å²) in [6.45, 7) is 0. The average Bonchev–Trinajstić information content (AvgIpc) is 2.51. The number of alkyl halides is 3. The Kier molecular flexibility index (Phi) is 4.66. The number of hydrogen-bond acceptors (Lipinski definition) is 4. The van der Waals surface area contributed by atoms with E-state index in [4.69, 9.17) is 17.3 Å². The van der Waals surface area contributed by atoms with E-state index < -0.39 is 51.4 Å². The second-order valence-electron chi connectivity index (χ2n) is 4.53. The fourth-order valence-corrected chi connectivity index (χ4v) is 2.08. The molecule has 4 nitrogen and oxygen atoms in total. The second-order valence-corrected chi connectivity index (χ2v) is 4.91. The van der Waals surface area contributed by atoms with Crippen LogP contribution in [-0.4, -0.2) is 18.1 Å². The highest BCUT2D eigenvalue weighted by molar-refractivity contribution is 6.35. The number of aromatic nitrogens is 1. The van der Waals surface area contributed by atoms with Crippen LogP contribution in [0.25, 0.3) is 11.3 Å². The highest BCUT2D eigenvalue weighted by atomic mass is 35.5. The lowest BCUT2D eigenvalue weighted by Gasteiger charge is -2.12. The molecule has 0 saturated heterocycles. The SMILES string of the molecule is COC(=O)c1nc(-c2ccc(C(F)(F)F)c(F)c2)c(F)c(N)c1Cl. The smallest absolute Gasteiger partial charge is 0.419 e. The molecule has 0 spiro atoms. The van der Waals surface area contributed by atoms with Crippen molar-refractivity contribution in [1.82, 2.24) is 4.98 Å². The number of hydrogen-bond donors (Lipinski definition) is 1. The Morgan fingerprint density at radius 2 is 1.92 bits per heavy atom. The normalized spacial score (nSPS) is 11.5. The number of pyridine rings is 1. The van der Waals surface area contributed by atoms with E-state index in [9.17, 15) is 26.7 Å². The van der Waals surface area contributed by atoms with E-state index in [1.807, 2.05) is 0 Å². The number of nitrogens with zero attached hydrogens (tertiary/aromatic N) is 1. The van der Waals surface area contributed by atoms with Crippen LogP contribution < -0.4 is 5.73 Å². The molecule has 2 aromatic rings. The Bertz CT molecular complexity index is 824. The fourth-order valence-electron chi connectivity index (χ4n) is 1.88. The summed E-state index contributed by atoms with van der Waals surface area (Å²) in [6.07, 6.45) is -4.91. The number of carbonyl (C=O) groups is 1. The zero-order valence-electron chi connectivity index (χ0n) is 11.8. The Balaban J connectivity index is 2.67. The van der Waals surface area contributed by atoms with Crippen molar-refractivity contribution >= 4 is 23.3 Å². The molecule has 0 aliphatic heterocycles. The van der Waals surface area contributed by atoms with Gasteiger partial charge in [0.05, 0.1) is 23.4 Å². The van der Waals surface area contributed by atoms with E-state index in [0.717, 1.165) is 13.2 Å². The molecular weight excluding hydrogens is 359 g/mol. The first-order chi connectivity index (χ1) is 11.1. The first kappa shape index (κ1) is 17.9. The van der Waals surface area contributed by atoms with Crippen LogP contribution in [0, 0.1) is 11.6 Å². The summed E-state index contributed by atoms with van der Waals surface area (Å²) in [7, 11) is 1.01. The topological polar surface area (TPSA) is 65.2 Å². The highest BCUT2D eigenvalue weighted by Gasteiger charge is 2.34. The summed E-state index contributed by atoms with van der Waals surface area (Å²) in [5.41, 5.74) is 1.69. The van der Waals surface area contributed by atoms with Gasteiger partial charge in [-0.05, 0) is 12.1 Å². The minimum atomic E-state index is -4.91. The van der Waals surface area contributed by atoms with Crippen LogP contribution in [0.4, 0.5) is 27.6 Å². The molecular formula is C14H8ClF5N2O2. The fraction of sp³-hybridized carbons (Fsp3) is 0.143. The lowest BCUT2D eigenvalue weighted by atomic mass is 10.1. The summed E-state index contributed by atoms with van der Waals surface area (Å²) in [5.74, 6) is -3.87. The third-order valence-electron chi connectivity index (χ3n) is 3.04. The van der Waals surface area contributed by atoms with Gasteiger partial charge in [0.25, 0.3) is 0 Å². The first-order valence-corrected chi connectivity index (χ1v) is 6.55. The van der Waals surface area contributed by atoms with Gasteiger partial charge in [-0.3, -0.25) is 0 Å². The maximum atomic E-state index is 14.2. The molecule has 1 aromatic carbocycles. The van der Waals surface area contributed by atoms with Crippen molar-refractivity contribution < 1.29 is 31.5 Å². The summed E-state index contributed by atoms with van der Waals surface area (Å²) in [4.78, 5) is 15.2. The molecule has 0 fully saturated rings. The number of nitrogens with two attached hydrogens (primary N) is 1. The van der Waals surface area contributed by atoms with Crippen molar-refractivity contribution in [2.24, 2.45) is 0 Å². The maximum absolute atomic E-state index is 14.2. The van der Waals surface area contributed by atoms with Crippen LogP contribution in [-0.2, 0) is 10.9 Å². The van der Waals surface area contributed by atoms with Gasteiger partial charge >= 0.3 is 12.1 Å². The number of anilines is 1. The van der Waals surface area contributed by atoms with Gasteiger partial charge in [0.1, 0.15) is 11.5 Å². The molecule has 2 N–H and O–H groups in total. The van der Waals surface area contributed by atoms with E-state index in [2.05, 4.69) is 9.72 Å². The van der Waals surface area contributed by atoms with E-state index in [0.29, 0.717) is 12.1 Å². The van der Waals surface area contributed by atoms with E-state index in [1.54, 1.807) is 0 Å². The molecule has 24 heavy (non-hydrogen) atoms. The molecule has 0 amide bonds. The zero-order chi connectivity index (χ0) is 18.2. The van der Waals surface area contributed by atoms with Crippen molar-refractivity contribution in [3.05, 3.63) is 46.1 Å². The molecule has 0 aliphatic carbocycles. The number of methoxy groups -OCH3 is 1. The average molecular weight is 367 g/mol. The number of esters is 1. The largest absolute Gasteiger partial charge is 0.464 e. The number of ether oxygens (including phenoxy) is 1. The van der Waals surface area contributed by atoms with Gasteiger partial charge in [0, 0.05) is 5.56 Å². The third kappa shape index (κ3) is 3.12. The zero-order valence-corrected chi connectivity index (χ0v) is 12.6. The van der Waals surface area contributed by atoms with Gasteiger partial charge < -0.3 is 10.5 Å². The Labute approximate surface area is 137 Å². The molecule has 0 bridgehead atoms. The molecule has 1 aromatic heterocycles. The number of carbonyl (C=O) groups excluding carboxylic acids is 1. The number of rotatable bonds is 2. The standard InChI is InChI=1S/C14H8ClF5N2O2/c1-24-13(23)12-8(15)10(21)9(17)11(22-12)5-2-3-6(7(16)4-5)14(18,19)20/h2-4H,1H3,(H2,21,22). The lowest BCUT2D eigenvalue weighted by molar-refractivity contribution is -0.139. The molecule has 0 saturated carbocycles. The van der Waals surface area contributed by atoms with Gasteiger partial charge in [-0.25, -0.2) is 18.6 Å². The molecule has 128 valence electrons. The number of halogens is 6. The quantitative estimate of drug-likeness (QED) is 0.643. The summed E-state index contributed by atoms with van der Waals surface area (Å²) >= 11 is 5.70. The Morgan fingerprint density at radius 3 is 2.42 bits per heavy atom. The number of nitrogen functional groups attached to an aromatic ring is 1. The van der Waals surface area contributed by atoms with Crippen LogP contribution in [0.5, 0.6) is 0 Å². The summed E-state index contributed by atoms with van der Waals surface area (Å²) in [5, 5.41) is -0.518.